The summed E-state index contributed by atoms with van der Waals surface area (Å²) in [6, 6.07) is 19.1. The molecule has 1 atom stereocenters. The fourth-order valence-electron chi connectivity index (χ4n) is 4.30. The number of aromatic nitrogens is 2. The Hall–Kier alpha value is -5.65. The van der Waals surface area contributed by atoms with Gasteiger partial charge in [0.2, 0.25) is 0 Å². The fraction of sp³-hybridized carbons (Fsp3) is 0.219. The molecular weight excluding hydrogens is 564 g/mol. The van der Waals surface area contributed by atoms with Crippen molar-refractivity contribution in [3.8, 4) is 17.0 Å². The molecular formula is C32H36N6O6. The van der Waals surface area contributed by atoms with Crippen LogP contribution in [0.4, 0.5) is 21.0 Å². The van der Waals surface area contributed by atoms with E-state index in [1.165, 1.54) is 14.2 Å². The average Bonchev–Trinajstić information content (AvgIpc) is 2.99. The van der Waals surface area contributed by atoms with Crippen LogP contribution in [0.15, 0.2) is 83.9 Å². The number of aryl methyl sites for hydroxylation is 1. The highest BCUT2D eigenvalue weighted by Gasteiger charge is 2.15. The number of rotatable bonds is 9. The fourth-order valence-corrected chi connectivity index (χ4v) is 4.30. The van der Waals surface area contributed by atoms with Crippen LogP contribution in [0, 0.1) is 6.92 Å². The minimum atomic E-state index is -0.833. The van der Waals surface area contributed by atoms with Gasteiger partial charge in [0, 0.05) is 23.6 Å². The SMILES string of the molecule is COC(=O)C[C@@H](C)c1ccc(Cn2ccnc(-c3ccc(NC(=O)Nc4ccccc4C)c(OC)c3)c2=O)cc1.NC(N)=O. The number of amides is 4. The second-order valence-corrected chi connectivity index (χ2v) is 9.84. The smallest absolute Gasteiger partial charge is 0.323 e. The molecule has 1 heterocycles. The van der Waals surface area contributed by atoms with Crippen LogP contribution in [-0.2, 0) is 16.1 Å². The zero-order chi connectivity index (χ0) is 32.2. The van der Waals surface area contributed by atoms with Gasteiger partial charge in [-0.25, -0.2) is 14.6 Å². The number of methoxy groups -OCH3 is 2. The Bertz CT molecular complexity index is 1660. The highest BCUT2D eigenvalue weighted by molar-refractivity contribution is 6.01. The summed E-state index contributed by atoms with van der Waals surface area (Å²) in [5.74, 6) is 0.168. The van der Waals surface area contributed by atoms with E-state index in [9.17, 15) is 14.4 Å². The summed E-state index contributed by atoms with van der Waals surface area (Å²) in [4.78, 5) is 50.8. The maximum Gasteiger partial charge on any atom is 0.323 e. The number of urea groups is 2. The number of nitrogens with zero attached hydrogens (tertiary/aromatic N) is 2. The number of nitrogens with one attached hydrogen (secondary N) is 2. The molecule has 0 aliphatic rings. The molecule has 230 valence electrons. The minimum absolute atomic E-state index is 0.0257. The number of hydrogen-bond acceptors (Lipinski definition) is 7. The zero-order valence-corrected chi connectivity index (χ0v) is 25.0. The highest BCUT2D eigenvalue weighted by atomic mass is 16.5. The van der Waals surface area contributed by atoms with Crippen molar-refractivity contribution in [2.75, 3.05) is 24.9 Å². The predicted molar refractivity (Wildman–Crippen MR) is 169 cm³/mol. The Morgan fingerprint density at radius 3 is 2.25 bits per heavy atom. The summed E-state index contributed by atoms with van der Waals surface area (Å²) in [7, 11) is 2.88. The molecule has 0 saturated carbocycles. The van der Waals surface area contributed by atoms with Crippen LogP contribution in [0.2, 0.25) is 0 Å². The van der Waals surface area contributed by atoms with Gasteiger partial charge < -0.3 is 36.1 Å². The average molecular weight is 601 g/mol. The number of para-hydroxylation sites is 1. The maximum atomic E-state index is 13.3. The monoisotopic (exact) mass is 600 g/mol. The molecule has 0 aliphatic heterocycles. The first-order valence-electron chi connectivity index (χ1n) is 13.6. The summed E-state index contributed by atoms with van der Waals surface area (Å²) in [6.07, 6.45) is 3.53. The number of primary amides is 2. The van der Waals surface area contributed by atoms with Crippen LogP contribution in [0.3, 0.4) is 0 Å². The van der Waals surface area contributed by atoms with E-state index in [-0.39, 0.29) is 23.1 Å². The summed E-state index contributed by atoms with van der Waals surface area (Å²) in [5.41, 5.74) is 13.1. The van der Waals surface area contributed by atoms with Crippen LogP contribution < -0.4 is 32.4 Å². The van der Waals surface area contributed by atoms with Crippen LogP contribution >= 0.6 is 0 Å². The molecule has 0 radical (unpaired) electrons. The summed E-state index contributed by atoms with van der Waals surface area (Å²) in [6.45, 7) is 4.24. The van der Waals surface area contributed by atoms with E-state index in [1.807, 2.05) is 62.4 Å². The van der Waals surface area contributed by atoms with Gasteiger partial charge in [-0.15, -0.1) is 0 Å². The molecule has 0 aliphatic carbocycles. The van der Waals surface area contributed by atoms with Crippen LogP contribution in [-0.4, -0.2) is 41.8 Å². The van der Waals surface area contributed by atoms with Crippen molar-refractivity contribution in [3.63, 3.8) is 0 Å². The van der Waals surface area contributed by atoms with E-state index in [0.29, 0.717) is 35.7 Å². The Morgan fingerprint density at radius 2 is 1.61 bits per heavy atom. The Balaban J connectivity index is 0.00000124. The van der Waals surface area contributed by atoms with Gasteiger partial charge >= 0.3 is 18.0 Å². The van der Waals surface area contributed by atoms with Crippen molar-refractivity contribution in [3.05, 3.63) is 106 Å². The molecule has 0 unspecified atom stereocenters. The third kappa shape index (κ3) is 9.18. The predicted octanol–water partition coefficient (Wildman–Crippen LogP) is 4.61. The quantitative estimate of drug-likeness (QED) is 0.202. The van der Waals surface area contributed by atoms with Crippen molar-refractivity contribution in [2.45, 2.75) is 32.7 Å². The molecule has 3 aromatic carbocycles. The normalized spacial score (nSPS) is 10.9. The second-order valence-electron chi connectivity index (χ2n) is 9.84. The lowest BCUT2D eigenvalue weighted by atomic mass is 9.97. The van der Waals surface area contributed by atoms with Gasteiger partial charge in [-0.3, -0.25) is 9.59 Å². The molecule has 1 aromatic heterocycles. The lowest BCUT2D eigenvalue weighted by Gasteiger charge is -2.14. The van der Waals surface area contributed by atoms with Gasteiger partial charge in [-0.2, -0.15) is 0 Å². The van der Waals surface area contributed by atoms with E-state index >= 15 is 0 Å². The topological polar surface area (TPSA) is 181 Å². The van der Waals surface area contributed by atoms with Crippen molar-refractivity contribution in [1.82, 2.24) is 9.55 Å². The van der Waals surface area contributed by atoms with E-state index in [1.54, 1.807) is 35.2 Å². The summed E-state index contributed by atoms with van der Waals surface area (Å²) in [5, 5.41) is 5.62. The number of carbonyl (C=O) groups is 3. The molecule has 0 saturated heterocycles. The highest BCUT2D eigenvalue weighted by Crippen LogP contribution is 2.29. The second kappa shape index (κ2) is 15.5. The lowest BCUT2D eigenvalue weighted by Crippen LogP contribution is -2.23. The van der Waals surface area contributed by atoms with Gasteiger partial charge in [-0.05, 0) is 47.7 Å². The molecule has 0 bridgehead atoms. The number of carbonyl (C=O) groups excluding carboxylic acids is 3. The van der Waals surface area contributed by atoms with Crippen molar-refractivity contribution >= 4 is 29.4 Å². The first-order valence-corrected chi connectivity index (χ1v) is 13.6. The van der Waals surface area contributed by atoms with Gasteiger partial charge in [0.1, 0.15) is 11.4 Å². The number of benzene rings is 3. The molecule has 0 fully saturated rings. The molecule has 44 heavy (non-hydrogen) atoms. The first-order chi connectivity index (χ1) is 21.0. The number of anilines is 2. The van der Waals surface area contributed by atoms with E-state index in [2.05, 4.69) is 27.1 Å². The minimum Gasteiger partial charge on any atom is -0.495 e. The maximum absolute atomic E-state index is 13.3. The van der Waals surface area contributed by atoms with Gasteiger partial charge in [-0.1, -0.05) is 55.5 Å². The molecule has 6 N–H and O–H groups in total. The first kappa shape index (κ1) is 32.9. The van der Waals surface area contributed by atoms with E-state index in [0.717, 1.165) is 16.7 Å². The van der Waals surface area contributed by atoms with Gasteiger partial charge in [0.15, 0.2) is 0 Å². The Morgan fingerprint density at radius 1 is 0.955 bits per heavy atom. The zero-order valence-electron chi connectivity index (χ0n) is 25.0. The molecule has 4 rings (SSSR count). The van der Waals surface area contributed by atoms with Crippen LogP contribution in [0.25, 0.3) is 11.3 Å². The van der Waals surface area contributed by atoms with E-state index in [4.69, 9.17) is 14.3 Å². The number of esters is 1. The standard InChI is InChI=1S/C31H32N4O5.CH4N2O/c1-20-7-5-6-8-25(20)33-31(38)34-26-14-13-24(18-27(26)39-3)29-30(37)35(16-15-32-29)19-22-9-11-23(12-10-22)21(2)17-28(36)40-4;2-1(3)4/h5-16,18,21H,17,19H2,1-4H3,(H2,33,34,38);(H4,2,3,4)/t21-;/m1./s1. The van der Waals surface area contributed by atoms with Crippen LogP contribution in [0.5, 0.6) is 5.75 Å². The third-order valence-electron chi connectivity index (χ3n) is 6.63. The molecule has 4 amide bonds. The van der Waals surface area contributed by atoms with Crippen molar-refractivity contribution < 1.29 is 23.9 Å². The summed E-state index contributed by atoms with van der Waals surface area (Å²) >= 11 is 0. The number of hydrogen-bond donors (Lipinski definition) is 4. The Kier molecular flexibility index (Phi) is 11.6. The lowest BCUT2D eigenvalue weighted by molar-refractivity contribution is -0.140. The van der Waals surface area contributed by atoms with Crippen molar-refractivity contribution in [2.24, 2.45) is 11.5 Å². The third-order valence-corrected chi connectivity index (χ3v) is 6.63. The van der Waals surface area contributed by atoms with Crippen molar-refractivity contribution in [1.29, 1.82) is 0 Å². The largest absolute Gasteiger partial charge is 0.495 e. The number of ether oxygens (including phenoxy) is 2. The molecule has 12 nitrogen and oxygen atoms in total. The molecule has 0 spiro atoms. The molecule has 12 heteroatoms. The Labute approximate surface area is 255 Å². The van der Waals surface area contributed by atoms with E-state index < -0.39 is 12.1 Å². The van der Waals surface area contributed by atoms with Crippen LogP contribution in [0.1, 0.15) is 36.0 Å². The van der Waals surface area contributed by atoms with Gasteiger partial charge in [0.25, 0.3) is 5.56 Å². The summed E-state index contributed by atoms with van der Waals surface area (Å²) < 4.78 is 11.8. The molecule has 4 aromatic rings. The number of nitrogens with two attached hydrogens (primary N) is 2. The van der Waals surface area contributed by atoms with Gasteiger partial charge in [0.05, 0.1) is 32.9 Å².